The number of nitrogens with zero attached hydrogens (tertiary/aromatic N) is 1. The summed E-state index contributed by atoms with van der Waals surface area (Å²) in [6.07, 6.45) is -0.289. The van der Waals surface area contributed by atoms with Crippen molar-refractivity contribution in [3.8, 4) is 0 Å². The standard InChI is InChI=1S/C16H15F3N2/c17-16(18,19)15-8-7-14(10-20-15)21-13-6-5-11-3-1-2-4-12(11)9-13/h1-4,7-8,10,13,21H,5-6,9H2. The summed E-state index contributed by atoms with van der Waals surface area (Å²) in [6.45, 7) is 0. The van der Waals surface area contributed by atoms with Crippen LogP contribution in [0.2, 0.25) is 0 Å². The molecule has 2 aromatic rings. The second kappa shape index (κ2) is 5.39. The summed E-state index contributed by atoms with van der Waals surface area (Å²) < 4.78 is 37.4. The van der Waals surface area contributed by atoms with Gasteiger partial charge in [0.15, 0.2) is 0 Å². The topological polar surface area (TPSA) is 24.9 Å². The molecule has 0 fully saturated rings. The predicted molar refractivity (Wildman–Crippen MR) is 75.1 cm³/mol. The minimum absolute atomic E-state index is 0.235. The van der Waals surface area contributed by atoms with Crippen LogP contribution in [0.4, 0.5) is 18.9 Å². The zero-order valence-corrected chi connectivity index (χ0v) is 11.3. The number of pyridine rings is 1. The summed E-state index contributed by atoms with van der Waals surface area (Å²) in [7, 11) is 0. The van der Waals surface area contributed by atoms with Gasteiger partial charge in [0.05, 0.1) is 11.9 Å². The van der Waals surface area contributed by atoms with Crippen LogP contribution in [0.1, 0.15) is 23.2 Å². The first-order chi connectivity index (χ1) is 10.0. The first-order valence-corrected chi connectivity index (χ1v) is 6.89. The van der Waals surface area contributed by atoms with Crippen LogP contribution >= 0.6 is 0 Å². The summed E-state index contributed by atoms with van der Waals surface area (Å²) >= 11 is 0. The maximum atomic E-state index is 12.5. The van der Waals surface area contributed by atoms with E-state index in [1.165, 1.54) is 23.4 Å². The third-order valence-corrected chi connectivity index (χ3v) is 3.77. The number of fused-ring (bicyclic) bond motifs is 1. The van der Waals surface area contributed by atoms with Crippen LogP contribution in [0, 0.1) is 0 Å². The molecule has 5 heteroatoms. The van der Waals surface area contributed by atoms with Gasteiger partial charge in [0.2, 0.25) is 0 Å². The first kappa shape index (κ1) is 13.9. The molecule has 2 nitrogen and oxygen atoms in total. The molecule has 0 spiro atoms. The highest BCUT2D eigenvalue weighted by molar-refractivity contribution is 5.44. The summed E-state index contributed by atoms with van der Waals surface area (Å²) in [5, 5.41) is 3.27. The molecule has 1 atom stereocenters. The zero-order valence-electron chi connectivity index (χ0n) is 11.3. The fourth-order valence-electron chi connectivity index (χ4n) is 2.70. The number of aryl methyl sites for hydroxylation is 1. The Hall–Kier alpha value is -2.04. The Morgan fingerprint density at radius 3 is 2.48 bits per heavy atom. The number of alkyl halides is 3. The molecule has 1 aliphatic carbocycles. The van der Waals surface area contributed by atoms with Gasteiger partial charge >= 0.3 is 6.18 Å². The lowest BCUT2D eigenvalue weighted by Crippen LogP contribution is -2.27. The second-order valence-corrected chi connectivity index (χ2v) is 5.28. The minimum Gasteiger partial charge on any atom is -0.381 e. The summed E-state index contributed by atoms with van der Waals surface area (Å²) in [4.78, 5) is 3.47. The van der Waals surface area contributed by atoms with Crippen molar-refractivity contribution in [2.75, 3.05) is 5.32 Å². The number of hydrogen-bond acceptors (Lipinski definition) is 2. The van der Waals surface area contributed by atoms with Crippen LogP contribution in [0.5, 0.6) is 0 Å². The molecule has 21 heavy (non-hydrogen) atoms. The number of hydrogen-bond donors (Lipinski definition) is 1. The number of benzene rings is 1. The zero-order chi connectivity index (χ0) is 14.9. The molecule has 0 bridgehead atoms. The van der Waals surface area contributed by atoms with E-state index in [0.29, 0.717) is 5.69 Å². The molecule has 0 aliphatic heterocycles. The van der Waals surface area contributed by atoms with Gasteiger partial charge < -0.3 is 5.32 Å². The lowest BCUT2D eigenvalue weighted by atomic mass is 9.88. The Morgan fingerprint density at radius 1 is 1.05 bits per heavy atom. The molecule has 3 rings (SSSR count). The Kier molecular flexibility index (Phi) is 3.57. The Balaban J connectivity index is 1.68. The minimum atomic E-state index is -4.39. The summed E-state index contributed by atoms with van der Waals surface area (Å²) in [6, 6.07) is 11.0. The van der Waals surface area contributed by atoms with E-state index < -0.39 is 11.9 Å². The molecule has 1 unspecified atom stereocenters. The van der Waals surface area contributed by atoms with Gasteiger partial charge in [0.1, 0.15) is 5.69 Å². The number of nitrogens with one attached hydrogen (secondary N) is 1. The van der Waals surface area contributed by atoms with Crippen molar-refractivity contribution in [2.24, 2.45) is 0 Å². The molecule has 0 amide bonds. The van der Waals surface area contributed by atoms with Crippen LogP contribution < -0.4 is 5.32 Å². The van der Waals surface area contributed by atoms with Crippen LogP contribution in [-0.4, -0.2) is 11.0 Å². The monoisotopic (exact) mass is 292 g/mol. The van der Waals surface area contributed by atoms with Crippen molar-refractivity contribution in [1.29, 1.82) is 0 Å². The quantitative estimate of drug-likeness (QED) is 0.902. The predicted octanol–water partition coefficient (Wildman–Crippen LogP) is 4.07. The number of aromatic nitrogens is 1. The Bertz CT molecular complexity index is 620. The van der Waals surface area contributed by atoms with Crippen LogP contribution in [0.25, 0.3) is 0 Å². The maximum Gasteiger partial charge on any atom is 0.433 e. The van der Waals surface area contributed by atoms with E-state index >= 15 is 0 Å². The van der Waals surface area contributed by atoms with E-state index in [1.54, 1.807) is 0 Å². The third-order valence-electron chi connectivity index (χ3n) is 3.77. The number of halogens is 3. The van der Waals surface area contributed by atoms with Gasteiger partial charge in [-0.1, -0.05) is 24.3 Å². The van der Waals surface area contributed by atoms with Gasteiger partial charge in [0, 0.05) is 6.04 Å². The maximum absolute atomic E-state index is 12.5. The largest absolute Gasteiger partial charge is 0.433 e. The van der Waals surface area contributed by atoms with Gasteiger partial charge in [0.25, 0.3) is 0 Å². The van der Waals surface area contributed by atoms with Gasteiger partial charge in [-0.15, -0.1) is 0 Å². The lowest BCUT2D eigenvalue weighted by Gasteiger charge is -2.26. The molecular weight excluding hydrogens is 277 g/mol. The second-order valence-electron chi connectivity index (χ2n) is 5.28. The van der Waals surface area contributed by atoms with Crippen molar-refractivity contribution in [3.63, 3.8) is 0 Å². The van der Waals surface area contributed by atoms with E-state index in [1.807, 2.05) is 12.1 Å². The normalized spacial score (nSPS) is 18.1. The molecule has 0 saturated carbocycles. The smallest absolute Gasteiger partial charge is 0.381 e. The van der Waals surface area contributed by atoms with Crippen LogP contribution in [0.3, 0.4) is 0 Å². The average Bonchev–Trinajstić information content (AvgIpc) is 2.47. The fourth-order valence-corrected chi connectivity index (χ4v) is 2.70. The fraction of sp³-hybridized carbons (Fsp3) is 0.312. The number of rotatable bonds is 2. The molecule has 0 saturated heterocycles. The average molecular weight is 292 g/mol. The van der Waals surface area contributed by atoms with E-state index in [-0.39, 0.29) is 6.04 Å². The van der Waals surface area contributed by atoms with E-state index in [0.717, 1.165) is 25.3 Å². The molecule has 1 aromatic heterocycles. The summed E-state index contributed by atoms with van der Waals surface area (Å²) in [5.74, 6) is 0. The highest BCUT2D eigenvalue weighted by Gasteiger charge is 2.32. The van der Waals surface area contributed by atoms with Crippen LogP contribution in [-0.2, 0) is 19.0 Å². The van der Waals surface area contributed by atoms with E-state index in [4.69, 9.17) is 0 Å². The highest BCUT2D eigenvalue weighted by Crippen LogP contribution is 2.28. The van der Waals surface area contributed by atoms with Crippen molar-refractivity contribution < 1.29 is 13.2 Å². The van der Waals surface area contributed by atoms with Crippen molar-refractivity contribution in [1.82, 2.24) is 4.98 Å². The third kappa shape index (κ3) is 3.17. The molecule has 1 aliphatic rings. The molecule has 0 radical (unpaired) electrons. The molecule has 1 N–H and O–H groups in total. The van der Waals surface area contributed by atoms with Crippen molar-refractivity contribution >= 4 is 5.69 Å². The molecule has 110 valence electrons. The van der Waals surface area contributed by atoms with Crippen molar-refractivity contribution in [2.45, 2.75) is 31.5 Å². The SMILES string of the molecule is FC(F)(F)c1ccc(NC2CCc3ccccc3C2)cn1. The number of anilines is 1. The molecule has 1 aromatic carbocycles. The van der Waals surface area contributed by atoms with Crippen molar-refractivity contribution in [3.05, 3.63) is 59.4 Å². The lowest BCUT2D eigenvalue weighted by molar-refractivity contribution is -0.141. The molecule has 1 heterocycles. The van der Waals surface area contributed by atoms with Gasteiger partial charge in [-0.25, -0.2) is 4.98 Å². The van der Waals surface area contributed by atoms with Gasteiger partial charge in [-0.05, 0) is 42.5 Å². The highest BCUT2D eigenvalue weighted by atomic mass is 19.4. The van der Waals surface area contributed by atoms with E-state index in [9.17, 15) is 13.2 Å². The summed E-state index contributed by atoms with van der Waals surface area (Å²) in [5.41, 5.74) is 2.44. The Labute approximate surface area is 121 Å². The van der Waals surface area contributed by atoms with Crippen LogP contribution in [0.15, 0.2) is 42.6 Å². The molecular formula is C16H15F3N2. The van der Waals surface area contributed by atoms with Gasteiger partial charge in [-0.3, -0.25) is 0 Å². The first-order valence-electron chi connectivity index (χ1n) is 6.89. The Morgan fingerprint density at radius 2 is 1.81 bits per heavy atom. The van der Waals surface area contributed by atoms with Gasteiger partial charge in [-0.2, -0.15) is 13.2 Å². The van der Waals surface area contributed by atoms with E-state index in [2.05, 4.69) is 22.4 Å².